The number of aliphatic carboxylic acids is 1. The number of hydrogen-bond donors (Lipinski definition) is 1. The van der Waals surface area contributed by atoms with Gasteiger partial charge in [-0.2, -0.15) is 0 Å². The summed E-state index contributed by atoms with van der Waals surface area (Å²) in [6.07, 6.45) is 1.88. The van der Waals surface area contributed by atoms with Gasteiger partial charge in [-0.3, -0.25) is 14.6 Å². The maximum absolute atomic E-state index is 14.1. The molecular formula is C17H25FN2O2. The number of rotatable bonds is 6. The number of hydrogen-bond acceptors (Lipinski definition) is 3. The fourth-order valence-corrected chi connectivity index (χ4v) is 3.19. The molecule has 2 rings (SSSR count). The lowest BCUT2D eigenvalue weighted by atomic mass is 10.0. The van der Waals surface area contributed by atoms with Crippen LogP contribution in [-0.4, -0.2) is 53.1 Å². The van der Waals surface area contributed by atoms with E-state index in [2.05, 4.69) is 4.90 Å². The highest BCUT2D eigenvalue weighted by Gasteiger charge is 2.25. The number of likely N-dealkylation sites (N-methyl/N-ethyl adjacent to an activating group) is 1. The van der Waals surface area contributed by atoms with Crippen LogP contribution in [0.25, 0.3) is 0 Å². The first-order valence-corrected chi connectivity index (χ1v) is 7.93. The van der Waals surface area contributed by atoms with Crippen LogP contribution in [0.5, 0.6) is 0 Å². The summed E-state index contributed by atoms with van der Waals surface area (Å²) < 4.78 is 14.1. The summed E-state index contributed by atoms with van der Waals surface area (Å²) in [7, 11) is 0. The van der Waals surface area contributed by atoms with E-state index in [1.165, 1.54) is 0 Å². The maximum atomic E-state index is 14.1. The molecule has 0 radical (unpaired) electrons. The average Bonchev–Trinajstić information content (AvgIpc) is 2.50. The third kappa shape index (κ3) is 4.27. The first-order valence-electron chi connectivity index (χ1n) is 7.93. The zero-order valence-corrected chi connectivity index (χ0v) is 13.4. The molecule has 0 amide bonds. The largest absolute Gasteiger partial charge is 0.480 e. The Hall–Kier alpha value is -1.46. The van der Waals surface area contributed by atoms with Gasteiger partial charge in [0.25, 0.3) is 0 Å². The van der Waals surface area contributed by atoms with Crippen molar-refractivity contribution in [1.82, 2.24) is 9.80 Å². The summed E-state index contributed by atoms with van der Waals surface area (Å²) >= 11 is 0. The molecule has 22 heavy (non-hydrogen) atoms. The molecule has 0 unspecified atom stereocenters. The molecule has 1 N–H and O–H groups in total. The van der Waals surface area contributed by atoms with Crippen LogP contribution in [0.3, 0.4) is 0 Å². The summed E-state index contributed by atoms with van der Waals surface area (Å²) in [6, 6.07) is 5.85. The predicted molar refractivity (Wildman–Crippen MR) is 84.3 cm³/mol. The van der Waals surface area contributed by atoms with Crippen molar-refractivity contribution in [2.75, 3.05) is 26.2 Å². The highest BCUT2D eigenvalue weighted by atomic mass is 19.1. The van der Waals surface area contributed by atoms with E-state index in [-0.39, 0.29) is 12.4 Å². The van der Waals surface area contributed by atoms with Crippen molar-refractivity contribution < 1.29 is 14.3 Å². The van der Waals surface area contributed by atoms with Gasteiger partial charge in [0, 0.05) is 18.2 Å². The Balaban J connectivity index is 1.89. The maximum Gasteiger partial charge on any atom is 0.317 e. The van der Waals surface area contributed by atoms with Crippen LogP contribution in [0.2, 0.25) is 0 Å². The third-order valence-corrected chi connectivity index (χ3v) is 4.48. The molecule has 5 heteroatoms. The monoisotopic (exact) mass is 308 g/mol. The minimum atomic E-state index is -0.772. The average molecular weight is 308 g/mol. The van der Waals surface area contributed by atoms with Gasteiger partial charge in [-0.15, -0.1) is 0 Å². The number of halogens is 1. The Kier molecular flexibility index (Phi) is 5.91. The molecule has 1 aliphatic rings. The molecule has 0 aliphatic carbocycles. The van der Waals surface area contributed by atoms with Crippen molar-refractivity contribution in [2.45, 2.75) is 39.3 Å². The molecule has 1 aromatic rings. The number of aryl methyl sites for hydroxylation is 1. The molecule has 0 aromatic heterocycles. The zero-order chi connectivity index (χ0) is 16.1. The molecule has 0 atom stereocenters. The number of likely N-dealkylation sites (tertiary alicyclic amines) is 1. The number of benzene rings is 1. The van der Waals surface area contributed by atoms with E-state index in [0.717, 1.165) is 38.0 Å². The van der Waals surface area contributed by atoms with Gasteiger partial charge in [0.1, 0.15) is 5.82 Å². The summed E-state index contributed by atoms with van der Waals surface area (Å²) in [5.41, 5.74) is 1.43. The number of carboxylic acids is 1. The Morgan fingerprint density at radius 3 is 2.68 bits per heavy atom. The summed E-state index contributed by atoms with van der Waals surface area (Å²) in [4.78, 5) is 15.2. The van der Waals surface area contributed by atoms with E-state index >= 15 is 0 Å². The topological polar surface area (TPSA) is 43.8 Å². The first kappa shape index (κ1) is 16.9. The van der Waals surface area contributed by atoms with Crippen molar-refractivity contribution in [3.05, 3.63) is 35.1 Å². The Bertz CT molecular complexity index is 513. The number of piperidine rings is 1. The van der Waals surface area contributed by atoms with E-state index in [4.69, 9.17) is 5.11 Å². The fourth-order valence-electron chi connectivity index (χ4n) is 3.19. The van der Waals surface area contributed by atoms with Gasteiger partial charge >= 0.3 is 5.97 Å². The number of carbonyl (C=O) groups is 1. The highest BCUT2D eigenvalue weighted by Crippen LogP contribution is 2.20. The molecule has 0 spiro atoms. The molecule has 1 aliphatic heterocycles. The second-order valence-corrected chi connectivity index (χ2v) is 6.01. The third-order valence-electron chi connectivity index (χ3n) is 4.48. The minimum absolute atomic E-state index is 0.105. The second kappa shape index (κ2) is 7.70. The zero-order valence-electron chi connectivity index (χ0n) is 13.4. The first-order chi connectivity index (χ1) is 10.5. The molecule has 0 saturated carbocycles. The lowest BCUT2D eigenvalue weighted by Gasteiger charge is -2.37. The van der Waals surface area contributed by atoms with Crippen LogP contribution in [0.1, 0.15) is 30.9 Å². The Morgan fingerprint density at radius 1 is 1.41 bits per heavy atom. The SMILES string of the molecule is CCN(CC(=O)O)C1CCN(Cc2cccc(C)c2F)CC1. The van der Waals surface area contributed by atoms with E-state index in [9.17, 15) is 9.18 Å². The van der Waals surface area contributed by atoms with E-state index < -0.39 is 5.97 Å². The molecule has 1 aromatic carbocycles. The molecule has 122 valence electrons. The molecule has 1 heterocycles. The Labute approximate surface area is 131 Å². The van der Waals surface area contributed by atoms with Crippen LogP contribution < -0.4 is 0 Å². The van der Waals surface area contributed by atoms with E-state index in [0.29, 0.717) is 18.2 Å². The van der Waals surface area contributed by atoms with Crippen molar-refractivity contribution >= 4 is 5.97 Å². The van der Waals surface area contributed by atoms with Crippen molar-refractivity contribution in [3.8, 4) is 0 Å². The van der Waals surface area contributed by atoms with Gasteiger partial charge in [-0.05, 0) is 45.0 Å². The van der Waals surface area contributed by atoms with Gasteiger partial charge in [0.15, 0.2) is 0 Å². The lowest BCUT2D eigenvalue weighted by Crippen LogP contribution is -2.46. The second-order valence-electron chi connectivity index (χ2n) is 6.01. The van der Waals surface area contributed by atoms with Crippen LogP contribution in [0, 0.1) is 12.7 Å². The van der Waals surface area contributed by atoms with Crippen molar-refractivity contribution in [3.63, 3.8) is 0 Å². The smallest absolute Gasteiger partial charge is 0.317 e. The lowest BCUT2D eigenvalue weighted by molar-refractivity contribution is -0.139. The van der Waals surface area contributed by atoms with Crippen molar-refractivity contribution in [2.24, 2.45) is 0 Å². The molecule has 4 nitrogen and oxygen atoms in total. The van der Waals surface area contributed by atoms with Crippen LogP contribution >= 0.6 is 0 Å². The predicted octanol–water partition coefficient (Wildman–Crippen LogP) is 2.51. The molecular weight excluding hydrogens is 283 g/mol. The van der Waals surface area contributed by atoms with Gasteiger partial charge < -0.3 is 5.11 Å². The van der Waals surface area contributed by atoms with Crippen LogP contribution in [-0.2, 0) is 11.3 Å². The molecule has 0 bridgehead atoms. The van der Waals surface area contributed by atoms with Gasteiger partial charge in [-0.25, -0.2) is 4.39 Å². The van der Waals surface area contributed by atoms with Crippen molar-refractivity contribution in [1.29, 1.82) is 0 Å². The number of carboxylic acid groups (broad SMARTS) is 1. The number of nitrogens with zero attached hydrogens (tertiary/aromatic N) is 2. The van der Waals surface area contributed by atoms with Gasteiger partial charge in [0.2, 0.25) is 0 Å². The van der Waals surface area contributed by atoms with E-state index in [1.807, 2.05) is 24.0 Å². The van der Waals surface area contributed by atoms with Gasteiger partial charge in [-0.1, -0.05) is 25.1 Å². The molecule has 1 saturated heterocycles. The Morgan fingerprint density at radius 2 is 2.09 bits per heavy atom. The minimum Gasteiger partial charge on any atom is -0.480 e. The van der Waals surface area contributed by atoms with Crippen LogP contribution in [0.15, 0.2) is 18.2 Å². The summed E-state index contributed by atoms with van der Waals surface area (Å²) in [5.74, 6) is -0.878. The highest BCUT2D eigenvalue weighted by molar-refractivity contribution is 5.69. The summed E-state index contributed by atoms with van der Waals surface area (Å²) in [6.45, 7) is 7.04. The summed E-state index contributed by atoms with van der Waals surface area (Å²) in [5, 5.41) is 8.96. The van der Waals surface area contributed by atoms with E-state index in [1.54, 1.807) is 13.0 Å². The normalized spacial score (nSPS) is 17.1. The molecule has 1 fully saturated rings. The standard InChI is InChI=1S/C17H25FN2O2/c1-3-20(12-16(21)22)15-7-9-19(10-8-15)11-14-6-4-5-13(2)17(14)18/h4-6,15H,3,7-12H2,1-2H3,(H,21,22). The fraction of sp³-hybridized carbons (Fsp3) is 0.588. The van der Waals surface area contributed by atoms with Crippen LogP contribution in [0.4, 0.5) is 4.39 Å². The quantitative estimate of drug-likeness (QED) is 0.877. The van der Waals surface area contributed by atoms with Gasteiger partial charge in [0.05, 0.1) is 6.54 Å².